The summed E-state index contributed by atoms with van der Waals surface area (Å²) in [5, 5.41) is 14.9. The molecule has 2 nitrogen and oxygen atoms in total. The molecule has 0 unspecified atom stereocenters. The first-order valence-electron chi connectivity index (χ1n) is 2.66. The number of rotatable bonds is 0. The van der Waals surface area contributed by atoms with Gasteiger partial charge in [0.2, 0.25) is 0 Å². The van der Waals surface area contributed by atoms with Crippen molar-refractivity contribution < 1.29 is 0 Å². The van der Waals surface area contributed by atoms with Gasteiger partial charge in [-0.3, -0.25) is 10.8 Å². The summed E-state index contributed by atoms with van der Waals surface area (Å²) < 4.78 is 0. The van der Waals surface area contributed by atoms with Crippen LogP contribution in [0.3, 0.4) is 0 Å². The van der Waals surface area contributed by atoms with Gasteiger partial charge in [0.05, 0.1) is 5.71 Å². The molecule has 0 atom stereocenters. The van der Waals surface area contributed by atoms with Gasteiger partial charge in [0.15, 0.2) is 0 Å². The van der Waals surface area contributed by atoms with Crippen LogP contribution in [0.1, 0.15) is 13.8 Å². The van der Waals surface area contributed by atoms with Crippen LogP contribution >= 0.6 is 11.8 Å². The van der Waals surface area contributed by atoms with E-state index >= 15 is 0 Å². The van der Waals surface area contributed by atoms with E-state index in [2.05, 4.69) is 0 Å². The zero-order chi connectivity index (χ0) is 7.02. The van der Waals surface area contributed by atoms with Crippen LogP contribution in [0, 0.1) is 10.8 Å². The second-order valence-corrected chi connectivity index (χ2v) is 3.21. The fourth-order valence-corrected chi connectivity index (χ4v) is 1.44. The molecule has 0 saturated heterocycles. The topological polar surface area (TPSA) is 47.7 Å². The summed E-state index contributed by atoms with van der Waals surface area (Å²) in [4.78, 5) is 1.09. The second-order valence-electron chi connectivity index (χ2n) is 1.99. The minimum atomic E-state index is 0.380. The van der Waals surface area contributed by atoms with E-state index in [1.54, 1.807) is 0 Å². The Hall–Kier alpha value is -0.570. The molecule has 9 heavy (non-hydrogen) atoms. The number of hydrogen-bond acceptors (Lipinski definition) is 3. The summed E-state index contributed by atoms with van der Waals surface area (Å²) >= 11 is 1.37. The van der Waals surface area contributed by atoms with Crippen molar-refractivity contribution in [3.05, 3.63) is 10.5 Å². The van der Waals surface area contributed by atoms with Crippen LogP contribution in [-0.2, 0) is 0 Å². The Labute approximate surface area is 58.4 Å². The average molecular weight is 140 g/mol. The minimum absolute atomic E-state index is 0.380. The summed E-state index contributed by atoms with van der Waals surface area (Å²) in [6.07, 6.45) is 0. The van der Waals surface area contributed by atoms with Crippen molar-refractivity contribution in [2.45, 2.75) is 13.8 Å². The monoisotopic (exact) mass is 140 g/mol. The van der Waals surface area contributed by atoms with Crippen LogP contribution in [0.4, 0.5) is 0 Å². The van der Waals surface area contributed by atoms with Gasteiger partial charge >= 0.3 is 0 Å². The van der Waals surface area contributed by atoms with Gasteiger partial charge in [-0.1, -0.05) is 11.8 Å². The van der Waals surface area contributed by atoms with Gasteiger partial charge in [-0.05, 0) is 24.3 Å². The molecule has 0 aliphatic carbocycles. The zero-order valence-corrected chi connectivity index (χ0v) is 6.22. The Morgan fingerprint density at radius 2 is 1.78 bits per heavy atom. The number of hydrogen-bond donors (Lipinski definition) is 2. The second kappa shape index (κ2) is 1.99. The summed E-state index contributed by atoms with van der Waals surface area (Å²) in [6.45, 7) is 3.82. The highest BCUT2D eigenvalue weighted by atomic mass is 32.2. The Kier molecular flexibility index (Phi) is 1.45. The molecule has 0 aromatic carbocycles. The lowest BCUT2D eigenvalue weighted by atomic mass is 10.2. The van der Waals surface area contributed by atoms with Gasteiger partial charge in [-0.2, -0.15) is 0 Å². The van der Waals surface area contributed by atoms with E-state index in [-0.39, 0.29) is 0 Å². The molecule has 0 radical (unpaired) electrons. The quantitative estimate of drug-likeness (QED) is 0.531. The van der Waals surface area contributed by atoms with Gasteiger partial charge in [0, 0.05) is 0 Å². The van der Waals surface area contributed by atoms with Crippen molar-refractivity contribution in [2.75, 3.05) is 0 Å². The number of thioether (sulfide) groups is 1. The highest BCUT2D eigenvalue weighted by molar-refractivity contribution is 8.19. The largest absolute Gasteiger partial charge is 0.298 e. The molecule has 0 aromatic heterocycles. The Bertz CT molecular complexity index is 212. The zero-order valence-electron chi connectivity index (χ0n) is 5.41. The lowest BCUT2D eigenvalue weighted by molar-refractivity contribution is 1.44. The van der Waals surface area contributed by atoms with E-state index in [1.165, 1.54) is 11.8 Å². The summed E-state index contributed by atoms with van der Waals surface area (Å²) in [5.41, 5.74) is 1.34. The van der Waals surface area contributed by atoms with E-state index in [1.807, 2.05) is 13.8 Å². The van der Waals surface area contributed by atoms with Crippen molar-refractivity contribution in [3.8, 4) is 0 Å². The fraction of sp³-hybridized carbons (Fsp3) is 0.333. The summed E-state index contributed by atoms with van der Waals surface area (Å²) in [5.74, 6) is 0. The third-order valence-electron chi connectivity index (χ3n) is 1.39. The first kappa shape index (κ1) is 6.55. The molecule has 0 bridgehead atoms. The Balaban J connectivity index is 3.01. The van der Waals surface area contributed by atoms with Gasteiger partial charge in [0.1, 0.15) is 5.04 Å². The van der Waals surface area contributed by atoms with Crippen LogP contribution in [0.25, 0.3) is 0 Å². The number of nitrogens with one attached hydrogen (secondary N) is 2. The molecule has 3 heteroatoms. The van der Waals surface area contributed by atoms with Gasteiger partial charge in [-0.15, -0.1) is 0 Å². The third-order valence-corrected chi connectivity index (χ3v) is 2.41. The first-order chi connectivity index (χ1) is 4.13. The van der Waals surface area contributed by atoms with Crippen molar-refractivity contribution >= 4 is 22.5 Å². The van der Waals surface area contributed by atoms with E-state index in [0.717, 1.165) is 10.5 Å². The molecule has 2 N–H and O–H groups in total. The molecule has 1 heterocycles. The van der Waals surface area contributed by atoms with Crippen LogP contribution in [0.5, 0.6) is 0 Å². The highest BCUT2D eigenvalue weighted by Gasteiger charge is 2.18. The minimum Gasteiger partial charge on any atom is -0.298 e. The van der Waals surface area contributed by atoms with Crippen LogP contribution in [0.15, 0.2) is 10.5 Å². The standard InChI is InChI=1S/C6H8N2S/c1-3-4(2)9-6(8)5(3)7/h7-8H,1-2H3. The maximum atomic E-state index is 7.29. The van der Waals surface area contributed by atoms with Crippen molar-refractivity contribution in [1.82, 2.24) is 0 Å². The molecule has 0 saturated carbocycles. The molecule has 0 fully saturated rings. The highest BCUT2D eigenvalue weighted by Crippen LogP contribution is 2.29. The molecular formula is C6H8N2S. The number of allylic oxidation sites excluding steroid dienone is 2. The molecule has 0 spiro atoms. The fourth-order valence-electron chi connectivity index (χ4n) is 0.627. The molecule has 0 amide bonds. The van der Waals surface area contributed by atoms with E-state index in [4.69, 9.17) is 10.8 Å². The van der Waals surface area contributed by atoms with Crippen molar-refractivity contribution in [1.29, 1.82) is 10.8 Å². The SMILES string of the molecule is CC1=C(C)C(=N)C(=N)S1. The predicted molar refractivity (Wildman–Crippen MR) is 41.4 cm³/mol. The van der Waals surface area contributed by atoms with Gasteiger partial charge in [0.25, 0.3) is 0 Å². The van der Waals surface area contributed by atoms with Gasteiger partial charge in [-0.25, -0.2) is 0 Å². The lowest BCUT2D eigenvalue weighted by Gasteiger charge is -1.88. The summed E-state index contributed by atoms with van der Waals surface area (Å²) in [7, 11) is 0. The van der Waals surface area contributed by atoms with Crippen molar-refractivity contribution in [2.24, 2.45) is 0 Å². The molecule has 0 aromatic rings. The van der Waals surface area contributed by atoms with E-state index < -0.39 is 0 Å². The van der Waals surface area contributed by atoms with Gasteiger partial charge < -0.3 is 0 Å². The average Bonchev–Trinajstić information content (AvgIpc) is 1.98. The lowest BCUT2D eigenvalue weighted by Crippen LogP contribution is -2.01. The Morgan fingerprint density at radius 1 is 1.22 bits per heavy atom. The molecular weight excluding hydrogens is 132 g/mol. The first-order valence-corrected chi connectivity index (χ1v) is 3.47. The van der Waals surface area contributed by atoms with E-state index in [9.17, 15) is 0 Å². The smallest absolute Gasteiger partial charge is 0.117 e. The Morgan fingerprint density at radius 3 is 1.89 bits per heavy atom. The molecule has 48 valence electrons. The maximum absolute atomic E-state index is 7.29. The molecule has 1 rings (SSSR count). The normalized spacial score (nSPS) is 19.8. The third kappa shape index (κ3) is 0.920. The summed E-state index contributed by atoms with van der Waals surface area (Å²) in [6, 6.07) is 0. The maximum Gasteiger partial charge on any atom is 0.117 e. The molecule has 1 aliphatic rings. The van der Waals surface area contributed by atoms with Crippen LogP contribution in [-0.4, -0.2) is 10.8 Å². The van der Waals surface area contributed by atoms with Crippen molar-refractivity contribution in [3.63, 3.8) is 0 Å². The van der Waals surface area contributed by atoms with E-state index in [0.29, 0.717) is 10.8 Å². The molecule has 1 aliphatic heterocycles. The van der Waals surface area contributed by atoms with Crippen LogP contribution in [0.2, 0.25) is 0 Å². The van der Waals surface area contributed by atoms with Crippen LogP contribution < -0.4 is 0 Å². The predicted octanol–water partition coefficient (Wildman–Crippen LogP) is 2.02.